The van der Waals surface area contributed by atoms with Gasteiger partial charge in [0.2, 0.25) is 5.88 Å². The third-order valence-corrected chi connectivity index (χ3v) is 3.35. The number of carboxylic acid groups (broad SMARTS) is 1. The molecule has 17 heavy (non-hydrogen) atoms. The summed E-state index contributed by atoms with van der Waals surface area (Å²) >= 11 is 0. The van der Waals surface area contributed by atoms with Crippen molar-refractivity contribution in [3.8, 4) is 5.88 Å². The number of carbonyl (C=O) groups is 1. The van der Waals surface area contributed by atoms with Gasteiger partial charge in [-0.15, -0.1) is 0 Å². The van der Waals surface area contributed by atoms with Gasteiger partial charge in [-0.2, -0.15) is 0 Å². The molecule has 0 aliphatic heterocycles. The second kappa shape index (κ2) is 4.00. The van der Waals surface area contributed by atoms with Crippen molar-refractivity contribution in [3.63, 3.8) is 0 Å². The van der Waals surface area contributed by atoms with E-state index in [4.69, 9.17) is 4.74 Å². The van der Waals surface area contributed by atoms with E-state index in [1.807, 2.05) is 6.92 Å². The van der Waals surface area contributed by atoms with Crippen LogP contribution in [0.4, 0.5) is 0 Å². The predicted octanol–water partition coefficient (Wildman–Crippen LogP) is 0.876. The van der Waals surface area contributed by atoms with Crippen LogP contribution in [0.5, 0.6) is 5.88 Å². The van der Waals surface area contributed by atoms with E-state index in [1.54, 1.807) is 6.07 Å². The Labute approximate surface area is 99.1 Å². The van der Waals surface area contributed by atoms with E-state index in [1.165, 1.54) is 13.3 Å². The number of aliphatic hydroxyl groups is 1. The van der Waals surface area contributed by atoms with Gasteiger partial charge in [0.05, 0.1) is 18.6 Å². The molecule has 0 aromatic carbocycles. The van der Waals surface area contributed by atoms with Crippen LogP contribution in [-0.2, 0) is 10.2 Å². The van der Waals surface area contributed by atoms with Crippen molar-refractivity contribution < 1.29 is 19.7 Å². The van der Waals surface area contributed by atoms with Crippen LogP contribution in [-0.4, -0.2) is 34.4 Å². The van der Waals surface area contributed by atoms with Gasteiger partial charge in [-0.25, -0.2) is 4.98 Å². The lowest BCUT2D eigenvalue weighted by molar-refractivity contribution is -0.152. The van der Waals surface area contributed by atoms with Gasteiger partial charge in [0.25, 0.3) is 0 Å². The average molecular weight is 237 g/mol. The van der Waals surface area contributed by atoms with Crippen molar-refractivity contribution in [1.82, 2.24) is 4.98 Å². The highest BCUT2D eigenvalue weighted by Gasteiger charge is 2.51. The Morgan fingerprint density at radius 1 is 1.59 bits per heavy atom. The highest BCUT2D eigenvalue weighted by molar-refractivity contribution is 5.83. The maximum atomic E-state index is 11.3. The molecule has 0 spiro atoms. The van der Waals surface area contributed by atoms with Crippen LogP contribution in [0.2, 0.25) is 0 Å². The zero-order chi connectivity index (χ0) is 12.6. The molecular formula is C12H15NO4. The number of carboxylic acids is 1. The summed E-state index contributed by atoms with van der Waals surface area (Å²) in [6.07, 6.45) is 1.48. The summed E-state index contributed by atoms with van der Waals surface area (Å²) in [7, 11) is 1.52. The molecule has 1 heterocycles. The maximum absolute atomic E-state index is 11.3. The largest absolute Gasteiger partial charge is 0.481 e. The van der Waals surface area contributed by atoms with Gasteiger partial charge in [0.1, 0.15) is 0 Å². The van der Waals surface area contributed by atoms with Crippen molar-refractivity contribution in [3.05, 3.63) is 23.4 Å². The molecule has 1 aromatic rings. The number of hydrogen-bond donors (Lipinski definition) is 2. The number of nitrogens with zero attached hydrogens (tertiary/aromatic N) is 1. The molecule has 2 N–H and O–H groups in total. The highest BCUT2D eigenvalue weighted by Crippen LogP contribution is 2.44. The molecule has 0 unspecified atom stereocenters. The normalized spacial score (nSPS) is 27.4. The number of hydrogen-bond acceptors (Lipinski definition) is 4. The van der Waals surface area contributed by atoms with Crippen molar-refractivity contribution in [1.29, 1.82) is 0 Å². The summed E-state index contributed by atoms with van der Waals surface area (Å²) in [5, 5.41) is 18.7. The quantitative estimate of drug-likeness (QED) is 0.815. The molecule has 92 valence electrons. The molecule has 1 saturated carbocycles. The smallest absolute Gasteiger partial charge is 0.314 e. The molecule has 0 saturated heterocycles. The van der Waals surface area contributed by atoms with E-state index in [2.05, 4.69) is 4.98 Å². The number of aromatic nitrogens is 1. The molecule has 0 amide bonds. The fraction of sp³-hybridized carbons (Fsp3) is 0.500. The molecule has 1 fully saturated rings. The second-order valence-corrected chi connectivity index (χ2v) is 4.50. The Bertz CT molecular complexity index is 452. The number of aryl methyl sites for hydroxylation is 1. The van der Waals surface area contributed by atoms with E-state index >= 15 is 0 Å². The van der Waals surface area contributed by atoms with E-state index in [0.29, 0.717) is 11.4 Å². The summed E-state index contributed by atoms with van der Waals surface area (Å²) in [5.74, 6) is -0.414. The maximum Gasteiger partial charge on any atom is 0.314 e. The van der Waals surface area contributed by atoms with Gasteiger partial charge in [-0.1, -0.05) is 0 Å². The summed E-state index contributed by atoms with van der Waals surface area (Å²) in [6, 6.07) is 1.77. The number of aliphatic carboxylic acids is 1. The van der Waals surface area contributed by atoms with Crippen molar-refractivity contribution >= 4 is 5.97 Å². The second-order valence-electron chi connectivity index (χ2n) is 4.50. The van der Waals surface area contributed by atoms with Crippen molar-refractivity contribution in [2.45, 2.75) is 31.3 Å². The Morgan fingerprint density at radius 3 is 2.65 bits per heavy atom. The molecular weight excluding hydrogens is 222 g/mol. The summed E-state index contributed by atoms with van der Waals surface area (Å²) in [5.41, 5.74) is 0.448. The lowest BCUT2D eigenvalue weighted by Crippen LogP contribution is -2.50. The van der Waals surface area contributed by atoms with E-state index in [-0.39, 0.29) is 12.8 Å². The molecule has 5 heteroatoms. The number of rotatable bonds is 3. The number of aliphatic hydroxyl groups excluding tert-OH is 1. The zero-order valence-electron chi connectivity index (χ0n) is 9.80. The lowest BCUT2D eigenvalue weighted by Gasteiger charge is -2.41. The zero-order valence-corrected chi connectivity index (χ0v) is 9.80. The Hall–Kier alpha value is -1.62. The van der Waals surface area contributed by atoms with Crippen LogP contribution in [0.25, 0.3) is 0 Å². The van der Waals surface area contributed by atoms with Gasteiger partial charge in [-0.3, -0.25) is 4.79 Å². The van der Waals surface area contributed by atoms with E-state index < -0.39 is 17.5 Å². The van der Waals surface area contributed by atoms with Crippen molar-refractivity contribution in [2.75, 3.05) is 7.11 Å². The van der Waals surface area contributed by atoms with Crippen LogP contribution in [0.3, 0.4) is 0 Å². The average Bonchev–Trinajstić information content (AvgIpc) is 2.24. The number of methoxy groups -OCH3 is 1. The van der Waals surface area contributed by atoms with Gasteiger partial charge in [0.15, 0.2) is 0 Å². The molecule has 2 rings (SSSR count). The van der Waals surface area contributed by atoms with Crippen LogP contribution in [0, 0.1) is 6.92 Å². The number of pyridine rings is 1. The molecule has 0 bridgehead atoms. The molecule has 0 radical (unpaired) electrons. The summed E-state index contributed by atoms with van der Waals surface area (Å²) in [6.45, 7) is 1.82. The Morgan fingerprint density at radius 2 is 2.24 bits per heavy atom. The van der Waals surface area contributed by atoms with Gasteiger partial charge >= 0.3 is 5.97 Å². The van der Waals surface area contributed by atoms with Gasteiger partial charge in [-0.05, 0) is 31.4 Å². The molecule has 0 atom stereocenters. The van der Waals surface area contributed by atoms with Gasteiger partial charge in [0, 0.05) is 11.8 Å². The first-order valence-electron chi connectivity index (χ1n) is 5.42. The lowest BCUT2D eigenvalue weighted by atomic mass is 9.63. The Kier molecular flexibility index (Phi) is 2.79. The first-order valence-corrected chi connectivity index (χ1v) is 5.42. The molecule has 1 aliphatic rings. The van der Waals surface area contributed by atoms with Crippen LogP contribution >= 0.6 is 0 Å². The molecule has 1 aromatic heterocycles. The molecule has 1 aliphatic carbocycles. The van der Waals surface area contributed by atoms with E-state index in [0.717, 1.165) is 5.56 Å². The summed E-state index contributed by atoms with van der Waals surface area (Å²) < 4.78 is 5.04. The Balaban J connectivity index is 2.39. The minimum absolute atomic E-state index is 0.246. The van der Waals surface area contributed by atoms with Crippen LogP contribution in [0.15, 0.2) is 12.3 Å². The monoisotopic (exact) mass is 237 g/mol. The first-order chi connectivity index (χ1) is 7.99. The predicted molar refractivity (Wildman–Crippen MR) is 60.1 cm³/mol. The highest BCUT2D eigenvalue weighted by atomic mass is 16.5. The fourth-order valence-corrected chi connectivity index (χ4v) is 2.32. The topological polar surface area (TPSA) is 79.7 Å². The van der Waals surface area contributed by atoms with Gasteiger partial charge < -0.3 is 14.9 Å². The minimum atomic E-state index is -0.983. The number of ether oxygens (including phenoxy) is 1. The third kappa shape index (κ3) is 1.76. The SMILES string of the molecule is COc1ncc(C2(C(=O)O)CC(O)C2)cc1C. The van der Waals surface area contributed by atoms with Crippen LogP contribution < -0.4 is 4.74 Å². The minimum Gasteiger partial charge on any atom is -0.481 e. The van der Waals surface area contributed by atoms with Crippen molar-refractivity contribution in [2.24, 2.45) is 0 Å². The van der Waals surface area contributed by atoms with Crippen LogP contribution in [0.1, 0.15) is 24.0 Å². The third-order valence-electron chi connectivity index (χ3n) is 3.35. The fourth-order valence-electron chi connectivity index (χ4n) is 2.32. The molecule has 5 nitrogen and oxygen atoms in total. The summed E-state index contributed by atoms with van der Waals surface area (Å²) in [4.78, 5) is 15.4. The standard InChI is InChI=1S/C12H15NO4/c1-7-3-8(6-13-10(7)17-2)12(11(15)16)4-9(14)5-12/h3,6,9,14H,4-5H2,1-2H3,(H,15,16). The van der Waals surface area contributed by atoms with E-state index in [9.17, 15) is 15.0 Å². The first kappa shape index (κ1) is 11.9.